The van der Waals surface area contributed by atoms with Crippen molar-refractivity contribution in [3.8, 4) is 0 Å². The van der Waals surface area contributed by atoms with Gasteiger partial charge in [-0.2, -0.15) is 8.78 Å². The Kier molecular flexibility index (Phi) is 10.7. The van der Waals surface area contributed by atoms with Gasteiger partial charge in [0.1, 0.15) is 0 Å². The van der Waals surface area contributed by atoms with E-state index in [1.54, 1.807) is 0 Å². The van der Waals surface area contributed by atoms with Crippen LogP contribution in [0, 0.1) is 29.3 Å². The highest BCUT2D eigenvalue weighted by molar-refractivity contribution is 5.28. The Morgan fingerprint density at radius 1 is 0.643 bits per heavy atom. The van der Waals surface area contributed by atoms with Crippen LogP contribution in [0.25, 0.3) is 0 Å². The lowest BCUT2D eigenvalue weighted by Gasteiger charge is -2.37. The maximum Gasteiger partial charge on any atom is 0.358 e. The molecule has 2 aromatic carbocycles. The summed E-state index contributed by atoms with van der Waals surface area (Å²) in [6, 6.07) is 11.1. The first-order valence-electron chi connectivity index (χ1n) is 16.5. The molecule has 6 heteroatoms. The largest absolute Gasteiger partial charge is 0.358 e. The molecule has 42 heavy (non-hydrogen) atoms. The van der Waals surface area contributed by atoms with Crippen molar-refractivity contribution in [2.24, 2.45) is 11.8 Å². The molecule has 3 fully saturated rings. The minimum absolute atomic E-state index is 0.185. The van der Waals surface area contributed by atoms with E-state index in [1.165, 1.54) is 62.5 Å². The van der Waals surface area contributed by atoms with Gasteiger partial charge in [0.15, 0.2) is 17.5 Å². The zero-order valence-electron chi connectivity index (χ0n) is 25.0. The van der Waals surface area contributed by atoms with Gasteiger partial charge < -0.3 is 4.74 Å². The molecular formula is C36H47F5O. The monoisotopic (exact) mass is 590 g/mol. The van der Waals surface area contributed by atoms with Gasteiger partial charge in [-0.3, -0.25) is 0 Å². The second-order valence-electron chi connectivity index (χ2n) is 13.4. The number of halogens is 5. The lowest BCUT2D eigenvalue weighted by molar-refractivity contribution is -0.300. The molecule has 3 saturated carbocycles. The Morgan fingerprint density at radius 3 is 1.64 bits per heavy atom. The van der Waals surface area contributed by atoms with Crippen LogP contribution in [0.5, 0.6) is 0 Å². The predicted molar refractivity (Wildman–Crippen MR) is 157 cm³/mol. The molecule has 0 heterocycles. The van der Waals surface area contributed by atoms with Gasteiger partial charge in [-0.15, -0.1) is 0 Å². The predicted octanol–water partition coefficient (Wildman–Crippen LogP) is 11.6. The minimum Gasteiger partial charge on any atom is -0.317 e. The highest BCUT2D eigenvalue weighted by Crippen LogP contribution is 2.46. The van der Waals surface area contributed by atoms with Crippen molar-refractivity contribution in [1.82, 2.24) is 0 Å². The molecular weight excluding hydrogens is 543 g/mol. The van der Waals surface area contributed by atoms with Crippen LogP contribution in [0.15, 0.2) is 36.4 Å². The van der Waals surface area contributed by atoms with Gasteiger partial charge in [0.05, 0.1) is 12.0 Å². The van der Waals surface area contributed by atoms with Crippen molar-refractivity contribution >= 4 is 0 Å². The second-order valence-corrected chi connectivity index (χ2v) is 13.4. The van der Waals surface area contributed by atoms with Gasteiger partial charge in [-0.25, -0.2) is 13.2 Å². The summed E-state index contributed by atoms with van der Waals surface area (Å²) in [4.78, 5) is 0. The summed E-state index contributed by atoms with van der Waals surface area (Å²) in [5.41, 5.74) is 3.08. The van der Waals surface area contributed by atoms with Crippen LogP contribution in [-0.4, -0.2) is 12.2 Å². The molecule has 3 aliphatic carbocycles. The highest BCUT2D eigenvalue weighted by Gasteiger charge is 2.45. The molecule has 3 aliphatic rings. The summed E-state index contributed by atoms with van der Waals surface area (Å²) < 4.78 is 76.4. The lowest BCUT2D eigenvalue weighted by Crippen LogP contribution is -2.38. The van der Waals surface area contributed by atoms with E-state index in [1.807, 2.05) is 0 Å². The van der Waals surface area contributed by atoms with Crippen molar-refractivity contribution < 1.29 is 26.7 Å². The molecule has 0 bridgehead atoms. The number of hydrogen-bond donors (Lipinski definition) is 0. The van der Waals surface area contributed by atoms with E-state index in [-0.39, 0.29) is 5.92 Å². The number of alkyl halides is 2. The first-order chi connectivity index (χ1) is 20.2. The van der Waals surface area contributed by atoms with E-state index in [9.17, 15) is 13.2 Å². The molecule has 0 aliphatic heterocycles. The average Bonchev–Trinajstić information content (AvgIpc) is 3.00. The number of rotatable bonds is 10. The van der Waals surface area contributed by atoms with Crippen LogP contribution < -0.4 is 0 Å². The Labute approximate surface area is 248 Å². The lowest BCUT2D eigenvalue weighted by atomic mass is 9.75. The van der Waals surface area contributed by atoms with E-state index >= 15 is 8.78 Å². The average molecular weight is 591 g/mol. The molecule has 5 rings (SSSR count). The van der Waals surface area contributed by atoms with Gasteiger partial charge in [-0.05, 0) is 130 Å². The van der Waals surface area contributed by atoms with Crippen LogP contribution in [-0.2, 0) is 4.74 Å². The van der Waals surface area contributed by atoms with Crippen LogP contribution >= 0.6 is 0 Å². The fraction of sp³-hybridized carbons (Fsp3) is 0.667. The Morgan fingerprint density at radius 2 is 1.12 bits per heavy atom. The standard InChI is InChI=1S/C36H47F5O/c1-2-3-4-5-24-6-8-25(9-7-24)26-10-12-27(13-11-26)28-14-18-31(19-15-28)36(40,41)42-32-20-16-29(17-21-32)30-22-33(37)35(39)34(38)23-30/h10-13,22-25,28-29,31-32H,2-9,14-21H2,1H3. The minimum atomic E-state index is -3.18. The topological polar surface area (TPSA) is 9.23 Å². The van der Waals surface area contributed by atoms with Gasteiger partial charge >= 0.3 is 6.11 Å². The van der Waals surface area contributed by atoms with Gasteiger partial charge in [0.2, 0.25) is 0 Å². The van der Waals surface area contributed by atoms with Crippen molar-refractivity contribution in [3.05, 3.63) is 70.5 Å². The van der Waals surface area contributed by atoms with Gasteiger partial charge in [-0.1, -0.05) is 56.9 Å². The molecule has 0 atom stereocenters. The van der Waals surface area contributed by atoms with E-state index in [2.05, 4.69) is 31.2 Å². The fourth-order valence-corrected chi connectivity index (χ4v) is 7.91. The third-order valence-electron chi connectivity index (χ3n) is 10.6. The molecule has 232 valence electrons. The van der Waals surface area contributed by atoms with Crippen LogP contribution in [0.4, 0.5) is 22.0 Å². The SMILES string of the molecule is CCCCCC1CCC(c2ccc(C3CCC(C(F)(F)OC4CCC(c5cc(F)c(F)c(F)c5)CC4)CC3)cc2)CC1. The molecule has 0 radical (unpaired) electrons. The number of unbranched alkanes of at least 4 members (excludes halogenated alkanes) is 2. The second kappa shape index (κ2) is 14.2. The maximum atomic E-state index is 15.2. The van der Waals surface area contributed by atoms with Crippen molar-refractivity contribution in [3.63, 3.8) is 0 Å². The zero-order valence-corrected chi connectivity index (χ0v) is 25.0. The molecule has 0 amide bonds. The van der Waals surface area contributed by atoms with Gasteiger partial charge in [0.25, 0.3) is 0 Å². The van der Waals surface area contributed by atoms with Crippen molar-refractivity contribution in [2.75, 3.05) is 0 Å². The summed E-state index contributed by atoms with van der Waals surface area (Å²) in [6.07, 6.45) is 11.0. The summed E-state index contributed by atoms with van der Waals surface area (Å²) in [5, 5.41) is 0. The number of hydrogen-bond acceptors (Lipinski definition) is 1. The number of benzene rings is 2. The smallest absolute Gasteiger partial charge is 0.317 e. The van der Waals surface area contributed by atoms with Crippen molar-refractivity contribution in [2.45, 2.75) is 140 Å². The van der Waals surface area contributed by atoms with E-state index in [0.29, 0.717) is 55.9 Å². The highest BCUT2D eigenvalue weighted by atomic mass is 19.3. The Bertz CT molecular complexity index is 1100. The summed E-state index contributed by atoms with van der Waals surface area (Å²) in [5.74, 6) is -3.01. The Balaban J connectivity index is 1.05. The van der Waals surface area contributed by atoms with Crippen LogP contribution in [0.2, 0.25) is 0 Å². The van der Waals surface area contributed by atoms with Crippen LogP contribution in [0.3, 0.4) is 0 Å². The fourth-order valence-electron chi connectivity index (χ4n) is 7.91. The third kappa shape index (κ3) is 7.76. The molecule has 0 saturated heterocycles. The number of ether oxygens (including phenoxy) is 1. The quantitative estimate of drug-likeness (QED) is 0.152. The summed E-state index contributed by atoms with van der Waals surface area (Å²) in [7, 11) is 0. The molecule has 0 N–H and O–H groups in total. The first-order valence-corrected chi connectivity index (χ1v) is 16.5. The zero-order chi connectivity index (χ0) is 29.7. The maximum absolute atomic E-state index is 15.2. The van der Waals surface area contributed by atoms with E-state index in [4.69, 9.17) is 4.74 Å². The Hall–Kier alpha value is -1.95. The van der Waals surface area contributed by atoms with Crippen molar-refractivity contribution in [1.29, 1.82) is 0 Å². The first kappa shape index (κ1) is 31.5. The molecule has 0 unspecified atom stereocenters. The van der Waals surface area contributed by atoms with Gasteiger partial charge in [0, 0.05) is 0 Å². The molecule has 0 aromatic heterocycles. The summed E-state index contributed by atoms with van der Waals surface area (Å²) in [6.45, 7) is 2.26. The third-order valence-corrected chi connectivity index (χ3v) is 10.6. The van der Waals surface area contributed by atoms with E-state index < -0.39 is 35.6 Å². The normalized spacial score (nSPS) is 29.0. The summed E-state index contributed by atoms with van der Waals surface area (Å²) >= 11 is 0. The molecule has 2 aromatic rings. The van der Waals surface area contributed by atoms with Crippen LogP contribution in [0.1, 0.15) is 144 Å². The molecule has 1 nitrogen and oxygen atoms in total. The molecule has 0 spiro atoms. The van der Waals surface area contributed by atoms with E-state index in [0.717, 1.165) is 30.9 Å².